The molecule has 2 aliphatic carbocycles. The molecule has 0 saturated heterocycles. The van der Waals surface area contributed by atoms with Crippen LogP contribution in [0.1, 0.15) is 66.8 Å². The third kappa shape index (κ3) is 2.29. The molecular weight excluding hydrogens is 208 g/mol. The van der Waals surface area contributed by atoms with Crippen LogP contribution in [0.4, 0.5) is 0 Å². The Hall–Kier alpha value is -1.11. The second-order valence-corrected chi connectivity index (χ2v) is 5.67. The molecule has 1 nitrogen and oxygen atoms in total. The van der Waals surface area contributed by atoms with Gasteiger partial charge in [-0.05, 0) is 30.2 Å². The Bertz CT molecular complexity index is 396. The summed E-state index contributed by atoms with van der Waals surface area (Å²) in [4.78, 5) is 12.0. The molecule has 0 aliphatic heterocycles. The summed E-state index contributed by atoms with van der Waals surface area (Å²) in [6, 6.07) is 8.40. The van der Waals surface area contributed by atoms with Crippen molar-refractivity contribution in [3.8, 4) is 0 Å². The van der Waals surface area contributed by atoms with Crippen LogP contribution in [0.25, 0.3) is 0 Å². The van der Waals surface area contributed by atoms with Gasteiger partial charge < -0.3 is 0 Å². The molecule has 2 saturated carbocycles. The van der Waals surface area contributed by atoms with Gasteiger partial charge in [0.2, 0.25) is 0 Å². The van der Waals surface area contributed by atoms with Crippen molar-refractivity contribution in [1.82, 2.24) is 0 Å². The lowest BCUT2D eigenvalue weighted by Gasteiger charge is -2.26. The van der Waals surface area contributed by atoms with E-state index in [0.29, 0.717) is 11.7 Å². The predicted molar refractivity (Wildman–Crippen MR) is 69.3 cm³/mol. The molecule has 1 aromatic rings. The molecule has 0 unspecified atom stereocenters. The van der Waals surface area contributed by atoms with E-state index in [1.54, 1.807) is 0 Å². The Kier molecular flexibility index (Phi) is 3.00. The van der Waals surface area contributed by atoms with Crippen LogP contribution in [0.15, 0.2) is 24.3 Å². The van der Waals surface area contributed by atoms with Gasteiger partial charge in [-0.2, -0.15) is 0 Å². The average molecular weight is 228 g/mol. The fraction of sp³-hybridized carbons (Fsp3) is 0.562. The van der Waals surface area contributed by atoms with Gasteiger partial charge in [0.25, 0.3) is 0 Å². The Morgan fingerprint density at radius 2 is 1.65 bits per heavy atom. The fourth-order valence-electron chi connectivity index (χ4n) is 2.76. The van der Waals surface area contributed by atoms with Gasteiger partial charge in [0.1, 0.15) is 0 Å². The van der Waals surface area contributed by atoms with E-state index in [9.17, 15) is 4.79 Å². The maximum Gasteiger partial charge on any atom is 0.163 e. The molecule has 0 N–H and O–H groups in total. The molecule has 0 amide bonds. The SMILES string of the molecule is O=C(CC1CCC1)c1ccc(C2CCC2)cc1. The van der Waals surface area contributed by atoms with Gasteiger partial charge in [-0.15, -0.1) is 0 Å². The van der Waals surface area contributed by atoms with E-state index in [0.717, 1.165) is 17.9 Å². The van der Waals surface area contributed by atoms with Gasteiger partial charge in [-0.3, -0.25) is 4.79 Å². The van der Waals surface area contributed by atoms with E-state index >= 15 is 0 Å². The first-order chi connectivity index (χ1) is 8.33. The number of Topliss-reactive ketones (excluding diaryl/α,β-unsaturated/α-hetero) is 1. The smallest absolute Gasteiger partial charge is 0.163 e. The number of benzene rings is 1. The second-order valence-electron chi connectivity index (χ2n) is 5.67. The fourth-order valence-corrected chi connectivity index (χ4v) is 2.76. The largest absolute Gasteiger partial charge is 0.294 e. The third-order valence-electron chi connectivity index (χ3n) is 4.51. The van der Waals surface area contributed by atoms with E-state index in [1.165, 1.54) is 44.1 Å². The summed E-state index contributed by atoms with van der Waals surface area (Å²) in [7, 11) is 0. The van der Waals surface area contributed by atoms with Gasteiger partial charge in [0.15, 0.2) is 5.78 Å². The highest BCUT2D eigenvalue weighted by atomic mass is 16.1. The molecule has 0 radical (unpaired) electrons. The molecule has 3 rings (SSSR count). The van der Waals surface area contributed by atoms with Crippen LogP contribution >= 0.6 is 0 Å². The van der Waals surface area contributed by atoms with Crippen molar-refractivity contribution in [1.29, 1.82) is 0 Å². The van der Waals surface area contributed by atoms with Gasteiger partial charge >= 0.3 is 0 Å². The first-order valence-corrected chi connectivity index (χ1v) is 6.96. The number of hydrogen-bond donors (Lipinski definition) is 0. The number of rotatable bonds is 4. The van der Waals surface area contributed by atoms with Crippen molar-refractivity contribution in [3.05, 3.63) is 35.4 Å². The number of carbonyl (C=O) groups excluding carboxylic acids is 1. The van der Waals surface area contributed by atoms with Crippen molar-refractivity contribution in [2.75, 3.05) is 0 Å². The minimum Gasteiger partial charge on any atom is -0.294 e. The highest BCUT2D eigenvalue weighted by Gasteiger charge is 2.22. The van der Waals surface area contributed by atoms with Gasteiger partial charge in [-0.1, -0.05) is 49.9 Å². The van der Waals surface area contributed by atoms with Crippen LogP contribution in [0.2, 0.25) is 0 Å². The molecule has 0 heterocycles. The summed E-state index contributed by atoms with van der Waals surface area (Å²) >= 11 is 0. The topological polar surface area (TPSA) is 17.1 Å². The summed E-state index contributed by atoms with van der Waals surface area (Å²) in [5, 5.41) is 0. The Morgan fingerprint density at radius 1 is 1.00 bits per heavy atom. The second kappa shape index (κ2) is 4.64. The van der Waals surface area contributed by atoms with Crippen molar-refractivity contribution in [2.24, 2.45) is 5.92 Å². The van der Waals surface area contributed by atoms with Gasteiger partial charge in [0.05, 0.1) is 0 Å². The van der Waals surface area contributed by atoms with Crippen molar-refractivity contribution >= 4 is 5.78 Å². The zero-order valence-corrected chi connectivity index (χ0v) is 10.3. The van der Waals surface area contributed by atoms with Crippen LogP contribution in [0, 0.1) is 5.92 Å². The lowest BCUT2D eigenvalue weighted by molar-refractivity contribution is 0.0936. The van der Waals surface area contributed by atoms with E-state index < -0.39 is 0 Å². The maximum atomic E-state index is 12.0. The minimum atomic E-state index is 0.342. The normalized spacial score (nSPS) is 20.7. The zero-order valence-electron chi connectivity index (χ0n) is 10.3. The predicted octanol–water partition coefficient (Wildman–Crippen LogP) is 4.33. The standard InChI is InChI=1S/C16H20O/c17-16(11-12-3-1-4-12)15-9-7-14(8-10-15)13-5-2-6-13/h7-10,12-13H,1-6,11H2. The number of carbonyl (C=O) groups is 1. The van der Waals surface area contributed by atoms with E-state index in [-0.39, 0.29) is 0 Å². The molecule has 0 spiro atoms. The van der Waals surface area contributed by atoms with Crippen LogP contribution in [0.5, 0.6) is 0 Å². The van der Waals surface area contributed by atoms with E-state index in [4.69, 9.17) is 0 Å². The molecule has 0 aromatic heterocycles. The molecule has 1 aromatic carbocycles. The van der Waals surface area contributed by atoms with E-state index in [1.807, 2.05) is 12.1 Å². The first-order valence-electron chi connectivity index (χ1n) is 6.96. The monoisotopic (exact) mass is 228 g/mol. The zero-order chi connectivity index (χ0) is 11.7. The highest BCUT2D eigenvalue weighted by Crippen LogP contribution is 2.36. The minimum absolute atomic E-state index is 0.342. The van der Waals surface area contributed by atoms with Crippen LogP contribution in [0.3, 0.4) is 0 Å². The first kappa shape index (κ1) is 11.0. The lowest BCUT2D eigenvalue weighted by atomic mass is 9.79. The van der Waals surface area contributed by atoms with Crippen LogP contribution < -0.4 is 0 Å². The maximum absolute atomic E-state index is 12.0. The Labute approximate surface area is 103 Å². The molecule has 2 aliphatic rings. The Morgan fingerprint density at radius 3 is 2.12 bits per heavy atom. The molecule has 0 bridgehead atoms. The number of hydrogen-bond acceptors (Lipinski definition) is 1. The highest BCUT2D eigenvalue weighted by molar-refractivity contribution is 5.96. The molecular formula is C16H20O. The Balaban J connectivity index is 1.63. The third-order valence-corrected chi connectivity index (χ3v) is 4.51. The van der Waals surface area contributed by atoms with Crippen molar-refractivity contribution < 1.29 is 4.79 Å². The van der Waals surface area contributed by atoms with Crippen molar-refractivity contribution in [3.63, 3.8) is 0 Å². The summed E-state index contributed by atoms with van der Waals surface area (Å²) < 4.78 is 0. The molecule has 1 heteroatoms. The van der Waals surface area contributed by atoms with Crippen LogP contribution in [-0.2, 0) is 0 Å². The van der Waals surface area contributed by atoms with Crippen molar-refractivity contribution in [2.45, 2.75) is 50.9 Å². The van der Waals surface area contributed by atoms with Gasteiger partial charge in [-0.25, -0.2) is 0 Å². The summed E-state index contributed by atoms with van der Waals surface area (Å²) in [5.74, 6) is 1.79. The number of ketones is 1. The summed E-state index contributed by atoms with van der Waals surface area (Å²) in [5.41, 5.74) is 2.34. The quantitative estimate of drug-likeness (QED) is 0.701. The van der Waals surface area contributed by atoms with E-state index in [2.05, 4.69) is 12.1 Å². The van der Waals surface area contributed by atoms with Gasteiger partial charge in [0, 0.05) is 12.0 Å². The molecule has 0 atom stereocenters. The average Bonchev–Trinajstić information content (AvgIpc) is 2.22. The lowest BCUT2D eigenvalue weighted by Crippen LogP contribution is -2.16. The summed E-state index contributed by atoms with van der Waals surface area (Å²) in [6.45, 7) is 0. The molecule has 2 fully saturated rings. The molecule has 17 heavy (non-hydrogen) atoms. The summed E-state index contributed by atoms with van der Waals surface area (Å²) in [6.07, 6.45) is 8.62. The molecule has 90 valence electrons. The van der Waals surface area contributed by atoms with Crippen LogP contribution in [-0.4, -0.2) is 5.78 Å².